The van der Waals surface area contributed by atoms with Crippen molar-refractivity contribution >= 4 is 5.69 Å². The van der Waals surface area contributed by atoms with Crippen LogP contribution in [0.1, 0.15) is 5.56 Å². The molecule has 1 aromatic carbocycles. The molecule has 3 rings (SSSR count). The summed E-state index contributed by atoms with van der Waals surface area (Å²) in [6, 6.07) is 9.16. The van der Waals surface area contributed by atoms with E-state index in [0.29, 0.717) is 6.54 Å². The zero-order valence-electron chi connectivity index (χ0n) is 11.3. The number of rotatable bonds is 4. The van der Waals surface area contributed by atoms with Crippen molar-refractivity contribution in [3.05, 3.63) is 67.0 Å². The number of nitrogens with one attached hydrogen (secondary N) is 1. The summed E-state index contributed by atoms with van der Waals surface area (Å²) in [4.78, 5) is 12.2. The van der Waals surface area contributed by atoms with Crippen LogP contribution < -0.4 is 5.32 Å². The highest BCUT2D eigenvalue weighted by atomic mass is 16.3. The predicted molar refractivity (Wildman–Crippen MR) is 80.7 cm³/mol. The van der Waals surface area contributed by atoms with Gasteiger partial charge in [-0.2, -0.15) is 0 Å². The van der Waals surface area contributed by atoms with Gasteiger partial charge in [0, 0.05) is 42.5 Å². The van der Waals surface area contributed by atoms with Crippen LogP contribution in [0.3, 0.4) is 0 Å². The van der Waals surface area contributed by atoms with Crippen molar-refractivity contribution in [1.82, 2.24) is 15.0 Å². The number of anilines is 1. The van der Waals surface area contributed by atoms with Crippen molar-refractivity contribution in [2.45, 2.75) is 6.54 Å². The summed E-state index contributed by atoms with van der Waals surface area (Å²) in [5, 5.41) is 12.7. The molecule has 2 aromatic heterocycles. The molecule has 0 aliphatic carbocycles. The summed E-state index contributed by atoms with van der Waals surface area (Å²) in [5.74, 6) is 0.266. The zero-order valence-corrected chi connectivity index (χ0v) is 11.3. The van der Waals surface area contributed by atoms with Crippen molar-refractivity contribution in [2.24, 2.45) is 0 Å². The van der Waals surface area contributed by atoms with E-state index in [1.54, 1.807) is 36.9 Å². The minimum atomic E-state index is 0.266. The van der Waals surface area contributed by atoms with Crippen molar-refractivity contribution in [1.29, 1.82) is 0 Å². The molecule has 104 valence electrons. The minimum Gasteiger partial charge on any atom is -0.508 e. The molecule has 2 heterocycles. The number of aromatic nitrogens is 3. The lowest BCUT2D eigenvalue weighted by atomic mass is 10.1. The number of pyridine rings is 1. The third-order valence-corrected chi connectivity index (χ3v) is 3.04. The molecule has 21 heavy (non-hydrogen) atoms. The summed E-state index contributed by atoms with van der Waals surface area (Å²) >= 11 is 0. The fourth-order valence-electron chi connectivity index (χ4n) is 2.01. The highest BCUT2D eigenvalue weighted by Crippen LogP contribution is 2.20. The second-order valence-corrected chi connectivity index (χ2v) is 4.61. The molecule has 0 amide bonds. The molecule has 5 heteroatoms. The van der Waals surface area contributed by atoms with Crippen LogP contribution >= 0.6 is 0 Å². The fraction of sp³-hybridized carbons (Fsp3) is 0.0625. The molecule has 5 nitrogen and oxygen atoms in total. The van der Waals surface area contributed by atoms with Crippen LogP contribution in [0.25, 0.3) is 11.1 Å². The van der Waals surface area contributed by atoms with Gasteiger partial charge in [0.25, 0.3) is 0 Å². The lowest BCUT2D eigenvalue weighted by Crippen LogP contribution is -1.99. The first-order valence-electron chi connectivity index (χ1n) is 6.53. The van der Waals surface area contributed by atoms with E-state index in [-0.39, 0.29) is 5.75 Å². The van der Waals surface area contributed by atoms with Gasteiger partial charge in [-0.1, -0.05) is 12.1 Å². The maximum Gasteiger partial charge on any atom is 0.115 e. The summed E-state index contributed by atoms with van der Waals surface area (Å²) in [6.45, 7) is 0.616. The molecule has 0 aliphatic rings. The van der Waals surface area contributed by atoms with Crippen LogP contribution in [0.4, 0.5) is 5.69 Å². The Hall–Kier alpha value is -2.95. The topological polar surface area (TPSA) is 70.9 Å². The molecule has 0 bridgehead atoms. The van der Waals surface area contributed by atoms with E-state index in [9.17, 15) is 5.11 Å². The van der Waals surface area contributed by atoms with Crippen LogP contribution in [0.15, 0.2) is 61.4 Å². The molecule has 0 atom stereocenters. The van der Waals surface area contributed by atoms with Gasteiger partial charge in [-0.3, -0.25) is 4.98 Å². The third kappa shape index (κ3) is 3.33. The smallest absolute Gasteiger partial charge is 0.115 e. The number of hydrogen-bond donors (Lipinski definition) is 2. The van der Waals surface area contributed by atoms with Crippen molar-refractivity contribution in [2.75, 3.05) is 5.32 Å². The van der Waals surface area contributed by atoms with Gasteiger partial charge < -0.3 is 10.4 Å². The number of phenolic OH excluding ortho intramolecular Hbond substituents is 1. The second-order valence-electron chi connectivity index (χ2n) is 4.61. The molecule has 0 spiro atoms. The van der Waals surface area contributed by atoms with Crippen LogP contribution in [0, 0.1) is 0 Å². The Bertz CT molecular complexity index is 731. The molecular weight excluding hydrogens is 264 g/mol. The number of phenols is 1. The van der Waals surface area contributed by atoms with Gasteiger partial charge in [0.15, 0.2) is 0 Å². The van der Waals surface area contributed by atoms with Crippen LogP contribution in [0.5, 0.6) is 5.75 Å². The van der Waals surface area contributed by atoms with Gasteiger partial charge >= 0.3 is 0 Å². The summed E-state index contributed by atoms with van der Waals surface area (Å²) < 4.78 is 0. The van der Waals surface area contributed by atoms with Gasteiger partial charge in [0.2, 0.25) is 0 Å². The lowest BCUT2D eigenvalue weighted by Gasteiger charge is -2.08. The van der Waals surface area contributed by atoms with Crippen molar-refractivity contribution in [3.8, 4) is 16.9 Å². The van der Waals surface area contributed by atoms with Crippen LogP contribution in [-0.2, 0) is 6.54 Å². The molecular formula is C16H14N4O. The van der Waals surface area contributed by atoms with Crippen molar-refractivity contribution < 1.29 is 5.11 Å². The Morgan fingerprint density at radius 2 is 1.71 bits per heavy atom. The zero-order chi connectivity index (χ0) is 14.5. The lowest BCUT2D eigenvalue weighted by molar-refractivity contribution is 0.474. The SMILES string of the molecule is Oc1cccc(CNc2cncc(-c3cncnc3)c2)c1. The van der Waals surface area contributed by atoms with E-state index in [1.807, 2.05) is 18.2 Å². The highest BCUT2D eigenvalue weighted by Gasteiger charge is 2.01. The second kappa shape index (κ2) is 6.00. The molecule has 2 N–H and O–H groups in total. The molecule has 0 saturated carbocycles. The van der Waals surface area contributed by atoms with E-state index in [4.69, 9.17) is 0 Å². The van der Waals surface area contributed by atoms with Gasteiger partial charge in [-0.05, 0) is 23.8 Å². The number of hydrogen-bond acceptors (Lipinski definition) is 5. The highest BCUT2D eigenvalue weighted by molar-refractivity contribution is 5.65. The van der Waals surface area contributed by atoms with E-state index in [0.717, 1.165) is 22.4 Å². The Labute approximate surface area is 122 Å². The van der Waals surface area contributed by atoms with Gasteiger partial charge in [0.1, 0.15) is 12.1 Å². The normalized spacial score (nSPS) is 10.3. The Morgan fingerprint density at radius 1 is 0.905 bits per heavy atom. The Morgan fingerprint density at radius 3 is 2.52 bits per heavy atom. The van der Waals surface area contributed by atoms with Gasteiger partial charge in [-0.15, -0.1) is 0 Å². The summed E-state index contributed by atoms with van der Waals surface area (Å²) in [6.07, 6.45) is 8.54. The third-order valence-electron chi connectivity index (χ3n) is 3.04. The largest absolute Gasteiger partial charge is 0.508 e. The maximum absolute atomic E-state index is 9.45. The molecule has 0 saturated heterocycles. The van der Waals surface area contributed by atoms with Crippen LogP contribution in [-0.4, -0.2) is 20.1 Å². The number of aromatic hydroxyl groups is 1. The van der Waals surface area contributed by atoms with Gasteiger partial charge in [-0.25, -0.2) is 9.97 Å². The monoisotopic (exact) mass is 278 g/mol. The van der Waals surface area contributed by atoms with Crippen LogP contribution in [0.2, 0.25) is 0 Å². The van der Waals surface area contributed by atoms with Gasteiger partial charge in [0.05, 0.1) is 5.69 Å². The molecule has 0 unspecified atom stereocenters. The first-order chi connectivity index (χ1) is 10.3. The maximum atomic E-state index is 9.45. The molecule has 0 radical (unpaired) electrons. The Kier molecular flexibility index (Phi) is 3.73. The average molecular weight is 278 g/mol. The summed E-state index contributed by atoms with van der Waals surface area (Å²) in [5.41, 5.74) is 3.78. The quantitative estimate of drug-likeness (QED) is 0.768. The van der Waals surface area contributed by atoms with E-state index in [1.165, 1.54) is 6.33 Å². The standard InChI is InChI=1S/C16H14N4O/c21-16-3-1-2-12(4-16)6-20-15-5-13(7-17-10-15)14-8-18-11-19-9-14/h1-5,7-11,20-21H,6H2. The van der Waals surface area contributed by atoms with Crippen molar-refractivity contribution in [3.63, 3.8) is 0 Å². The Balaban J connectivity index is 1.75. The van der Waals surface area contributed by atoms with E-state index in [2.05, 4.69) is 20.3 Å². The van der Waals surface area contributed by atoms with E-state index < -0.39 is 0 Å². The molecule has 3 aromatic rings. The summed E-state index contributed by atoms with van der Waals surface area (Å²) in [7, 11) is 0. The fourth-order valence-corrected chi connectivity index (χ4v) is 2.01. The number of benzene rings is 1. The minimum absolute atomic E-state index is 0.266. The first-order valence-corrected chi connectivity index (χ1v) is 6.53. The number of nitrogens with zero attached hydrogens (tertiary/aromatic N) is 3. The average Bonchev–Trinajstić information content (AvgIpc) is 2.54. The first kappa shape index (κ1) is 13.1. The molecule has 0 aliphatic heterocycles. The molecule has 0 fully saturated rings. The van der Waals surface area contributed by atoms with E-state index >= 15 is 0 Å². The predicted octanol–water partition coefficient (Wildman–Crippen LogP) is 2.86.